The first-order chi connectivity index (χ1) is 21.6. The van der Waals surface area contributed by atoms with Gasteiger partial charge in [0.2, 0.25) is 11.8 Å². The van der Waals surface area contributed by atoms with E-state index in [1.54, 1.807) is 6.92 Å². The monoisotopic (exact) mass is 665 g/mol. The minimum Gasteiger partial charge on any atom is -0.390 e. The summed E-state index contributed by atoms with van der Waals surface area (Å²) in [5, 5.41) is 27.6. The summed E-state index contributed by atoms with van der Waals surface area (Å²) in [5.41, 5.74) is 0.870. The zero-order chi connectivity index (χ0) is 34.4. The third-order valence-electron chi connectivity index (χ3n) is 9.33. The largest absolute Gasteiger partial charge is 0.390 e. The van der Waals surface area contributed by atoms with Crippen molar-refractivity contribution in [1.29, 1.82) is 0 Å². The van der Waals surface area contributed by atoms with E-state index in [4.69, 9.17) is 0 Å². The van der Waals surface area contributed by atoms with Crippen LogP contribution in [0.15, 0.2) is 30.3 Å². The molecule has 0 heterocycles. The first kappa shape index (κ1) is 40.2. The Morgan fingerprint density at radius 1 is 0.913 bits per heavy atom. The van der Waals surface area contributed by atoms with Crippen molar-refractivity contribution >= 4 is 21.7 Å². The molecule has 1 aliphatic rings. The molecule has 0 bridgehead atoms. The summed E-state index contributed by atoms with van der Waals surface area (Å²) < 4.78 is 26.6. The second-order valence-corrected chi connectivity index (χ2v) is 16.8. The van der Waals surface area contributed by atoms with Gasteiger partial charge in [0.15, 0.2) is 9.84 Å². The number of nitrogens with one attached hydrogen (secondary N) is 2. The van der Waals surface area contributed by atoms with Crippen LogP contribution in [-0.4, -0.2) is 90.3 Å². The molecule has 0 saturated heterocycles. The van der Waals surface area contributed by atoms with E-state index in [9.17, 15) is 28.2 Å². The molecule has 0 aromatic heterocycles. The number of hydrogen-bond acceptors (Lipinski definition) is 7. The molecule has 10 heteroatoms. The van der Waals surface area contributed by atoms with Crippen LogP contribution < -0.4 is 10.6 Å². The molecule has 264 valence electrons. The van der Waals surface area contributed by atoms with Gasteiger partial charge in [-0.1, -0.05) is 83.2 Å². The van der Waals surface area contributed by atoms with Gasteiger partial charge in [-0.3, -0.25) is 14.5 Å². The summed E-state index contributed by atoms with van der Waals surface area (Å²) in [4.78, 5) is 29.0. The lowest BCUT2D eigenvalue weighted by Crippen LogP contribution is -2.52. The zero-order valence-electron chi connectivity index (χ0n) is 29.5. The lowest BCUT2D eigenvalue weighted by Gasteiger charge is -2.33. The molecule has 1 saturated carbocycles. The highest BCUT2D eigenvalue weighted by atomic mass is 32.2. The topological polar surface area (TPSA) is 136 Å². The second kappa shape index (κ2) is 19.7. The molecule has 1 aromatic rings. The molecule has 1 fully saturated rings. The molecule has 0 aliphatic heterocycles. The molecule has 0 radical (unpaired) electrons. The predicted molar refractivity (Wildman–Crippen MR) is 186 cm³/mol. The minimum atomic E-state index is -3.55. The Morgan fingerprint density at radius 2 is 1.52 bits per heavy atom. The van der Waals surface area contributed by atoms with Crippen LogP contribution >= 0.6 is 0 Å². The molecule has 1 aromatic carbocycles. The van der Waals surface area contributed by atoms with Crippen molar-refractivity contribution in [2.75, 3.05) is 24.6 Å². The SMILES string of the molecule is CC(C)C[C@H](O)[C@H](O)[C@H](CC1CCCCC1)NC(=O)[C@H](C)CNC(=O)[C@H](Cc1ccccc1)CS(=O)(=O)CCN(C(C)C)C(C)C. The highest BCUT2D eigenvalue weighted by molar-refractivity contribution is 7.91. The Kier molecular flexibility index (Phi) is 17.2. The molecular formula is C36H63N3O6S. The van der Waals surface area contributed by atoms with E-state index in [0.717, 1.165) is 31.2 Å². The van der Waals surface area contributed by atoms with Crippen LogP contribution in [0.2, 0.25) is 0 Å². The molecule has 5 atom stereocenters. The minimum absolute atomic E-state index is 0.0330. The molecule has 2 amide bonds. The van der Waals surface area contributed by atoms with Crippen molar-refractivity contribution in [3.8, 4) is 0 Å². The van der Waals surface area contributed by atoms with Gasteiger partial charge in [0.05, 0.1) is 35.5 Å². The molecule has 0 spiro atoms. The van der Waals surface area contributed by atoms with Crippen LogP contribution in [0.3, 0.4) is 0 Å². The van der Waals surface area contributed by atoms with E-state index in [2.05, 4.69) is 15.5 Å². The number of benzene rings is 1. The fourth-order valence-electron chi connectivity index (χ4n) is 6.64. The van der Waals surface area contributed by atoms with Crippen molar-refractivity contribution in [2.45, 2.75) is 130 Å². The molecule has 4 N–H and O–H groups in total. The number of sulfone groups is 1. The Hall–Kier alpha value is -2.01. The van der Waals surface area contributed by atoms with E-state index >= 15 is 0 Å². The normalized spacial score (nSPS) is 18.0. The maximum Gasteiger partial charge on any atom is 0.224 e. The third-order valence-corrected chi connectivity index (χ3v) is 11.0. The van der Waals surface area contributed by atoms with Crippen molar-refractivity contribution < 1.29 is 28.2 Å². The van der Waals surface area contributed by atoms with E-state index in [0.29, 0.717) is 25.3 Å². The maximum absolute atomic E-state index is 13.5. The Bertz CT molecular complexity index is 1130. The molecular weight excluding hydrogens is 602 g/mol. The van der Waals surface area contributed by atoms with Crippen molar-refractivity contribution in [3.05, 3.63) is 35.9 Å². The maximum atomic E-state index is 13.5. The summed E-state index contributed by atoms with van der Waals surface area (Å²) in [6.07, 6.45) is 4.82. The summed E-state index contributed by atoms with van der Waals surface area (Å²) in [6.45, 7) is 14.3. The van der Waals surface area contributed by atoms with Crippen molar-refractivity contribution in [3.63, 3.8) is 0 Å². The van der Waals surface area contributed by atoms with Crippen molar-refractivity contribution in [2.24, 2.45) is 23.7 Å². The lowest BCUT2D eigenvalue weighted by atomic mass is 9.82. The Balaban J connectivity index is 2.09. The summed E-state index contributed by atoms with van der Waals surface area (Å²) >= 11 is 0. The van der Waals surface area contributed by atoms with Crippen LogP contribution in [0, 0.1) is 23.7 Å². The van der Waals surface area contributed by atoms with Gasteiger partial charge in [0.1, 0.15) is 6.10 Å². The standard InChI is InChI=1S/C36H63N3O6S/c1-25(2)20-33(40)34(41)32(22-30-16-12-9-13-17-30)38-35(42)28(7)23-37-36(43)31(21-29-14-10-8-11-15-29)24-46(44,45)19-18-39(26(3)4)27(5)6/h8,10-11,14-15,25-28,30-34,40-41H,9,12-13,16-24H2,1-7H3,(H,37,43)(H,38,42)/t28-,31-,32+,33+,34-/m1/s1. The lowest BCUT2D eigenvalue weighted by molar-refractivity contribution is -0.128. The van der Waals surface area contributed by atoms with E-state index in [1.165, 1.54) is 6.42 Å². The number of aliphatic hydroxyl groups is 2. The number of rotatable bonds is 20. The second-order valence-electron chi connectivity index (χ2n) is 14.6. The van der Waals surface area contributed by atoms with Crippen LogP contribution in [0.1, 0.15) is 99.0 Å². The van der Waals surface area contributed by atoms with Gasteiger partial charge in [-0.2, -0.15) is 0 Å². The molecule has 46 heavy (non-hydrogen) atoms. The molecule has 2 rings (SSSR count). The Morgan fingerprint density at radius 3 is 2.09 bits per heavy atom. The average Bonchev–Trinajstić information content (AvgIpc) is 2.98. The third kappa shape index (κ3) is 14.4. The smallest absolute Gasteiger partial charge is 0.224 e. The number of hydrogen-bond donors (Lipinski definition) is 4. The number of amides is 2. The van der Waals surface area contributed by atoms with Gasteiger partial charge in [-0.05, 0) is 64.4 Å². The summed E-state index contributed by atoms with van der Waals surface area (Å²) in [5.74, 6) is -1.87. The predicted octanol–water partition coefficient (Wildman–Crippen LogP) is 4.35. The van der Waals surface area contributed by atoms with Gasteiger partial charge in [0, 0.05) is 25.2 Å². The van der Waals surface area contributed by atoms with Gasteiger partial charge in [0.25, 0.3) is 0 Å². The average molecular weight is 666 g/mol. The molecule has 1 aliphatic carbocycles. The first-order valence-corrected chi connectivity index (χ1v) is 19.4. The van der Waals surface area contributed by atoms with E-state index < -0.39 is 45.8 Å². The van der Waals surface area contributed by atoms with E-state index in [-0.39, 0.29) is 48.4 Å². The van der Waals surface area contributed by atoms with E-state index in [1.807, 2.05) is 71.9 Å². The van der Waals surface area contributed by atoms with Gasteiger partial charge in [-0.25, -0.2) is 8.42 Å². The fraction of sp³-hybridized carbons (Fsp3) is 0.778. The van der Waals surface area contributed by atoms with Gasteiger partial charge < -0.3 is 20.8 Å². The summed E-state index contributed by atoms with van der Waals surface area (Å²) in [7, 11) is -3.55. The first-order valence-electron chi connectivity index (χ1n) is 17.5. The number of aliphatic hydroxyl groups excluding tert-OH is 2. The van der Waals surface area contributed by atoms with Gasteiger partial charge in [-0.15, -0.1) is 0 Å². The highest BCUT2D eigenvalue weighted by Crippen LogP contribution is 2.29. The van der Waals surface area contributed by atoms with Gasteiger partial charge >= 0.3 is 0 Å². The van der Waals surface area contributed by atoms with Crippen LogP contribution in [0.4, 0.5) is 0 Å². The van der Waals surface area contributed by atoms with Crippen LogP contribution in [-0.2, 0) is 25.8 Å². The number of carbonyl (C=O) groups excluding carboxylic acids is 2. The zero-order valence-corrected chi connectivity index (χ0v) is 30.3. The number of nitrogens with zero attached hydrogens (tertiary/aromatic N) is 1. The van der Waals surface area contributed by atoms with Crippen LogP contribution in [0.5, 0.6) is 0 Å². The Labute approximate surface area is 279 Å². The molecule has 0 unspecified atom stereocenters. The van der Waals surface area contributed by atoms with Crippen LogP contribution in [0.25, 0.3) is 0 Å². The summed E-state index contributed by atoms with van der Waals surface area (Å²) in [6, 6.07) is 9.19. The fourth-order valence-corrected chi connectivity index (χ4v) is 8.18. The molecule has 9 nitrogen and oxygen atoms in total. The highest BCUT2D eigenvalue weighted by Gasteiger charge is 2.33. The number of carbonyl (C=O) groups is 2. The van der Waals surface area contributed by atoms with Crippen molar-refractivity contribution in [1.82, 2.24) is 15.5 Å². The quantitative estimate of drug-likeness (QED) is 0.163.